The summed E-state index contributed by atoms with van der Waals surface area (Å²) >= 11 is 0. The van der Waals surface area contributed by atoms with Crippen LogP contribution in [0.25, 0.3) is 0 Å². The van der Waals surface area contributed by atoms with E-state index < -0.39 is 0 Å². The fraction of sp³-hybridized carbons (Fsp3) is 0.345. The fourth-order valence-corrected chi connectivity index (χ4v) is 4.53. The van der Waals surface area contributed by atoms with Gasteiger partial charge in [0.2, 0.25) is 0 Å². The van der Waals surface area contributed by atoms with Crippen LogP contribution in [0, 0.1) is 11.8 Å². The van der Waals surface area contributed by atoms with Crippen molar-refractivity contribution < 1.29 is 9.53 Å². The summed E-state index contributed by atoms with van der Waals surface area (Å²) < 4.78 is 5.84. The molecule has 0 spiro atoms. The molecule has 0 unspecified atom stereocenters. The number of nitrogens with zero attached hydrogens (tertiary/aromatic N) is 1. The van der Waals surface area contributed by atoms with E-state index in [1.165, 1.54) is 24.8 Å². The van der Waals surface area contributed by atoms with Crippen LogP contribution in [0.4, 0.5) is 0 Å². The van der Waals surface area contributed by atoms with Gasteiger partial charge in [0.15, 0.2) is 5.78 Å². The molecule has 0 aliphatic carbocycles. The summed E-state index contributed by atoms with van der Waals surface area (Å²) in [7, 11) is 0. The van der Waals surface area contributed by atoms with Gasteiger partial charge in [-0.05, 0) is 73.7 Å². The molecule has 1 saturated heterocycles. The molecule has 3 heteroatoms. The van der Waals surface area contributed by atoms with Crippen LogP contribution in [0.1, 0.15) is 41.3 Å². The minimum Gasteiger partial charge on any atom is -0.489 e. The molecule has 1 heterocycles. The molecule has 4 rings (SSSR count). The maximum absolute atomic E-state index is 12.9. The lowest BCUT2D eigenvalue weighted by molar-refractivity contribution is 0.0869. The summed E-state index contributed by atoms with van der Waals surface area (Å²) in [6.45, 7) is 5.59. The van der Waals surface area contributed by atoms with Crippen LogP contribution >= 0.6 is 0 Å². The lowest BCUT2D eigenvalue weighted by atomic mass is 9.89. The maximum Gasteiger partial charge on any atom is 0.166 e. The number of Topliss-reactive ketones (excluding diaryl/α,β-unsaturated/α-hetero) is 1. The predicted molar refractivity (Wildman–Crippen MR) is 130 cm³/mol. The molecule has 0 saturated carbocycles. The molecular weight excluding hydrogens is 394 g/mol. The Kier molecular flexibility index (Phi) is 7.73. The molecule has 3 nitrogen and oxygen atoms in total. The number of carbonyl (C=O) groups excluding carboxylic acids is 1. The van der Waals surface area contributed by atoms with Gasteiger partial charge in [-0.2, -0.15) is 0 Å². The van der Waals surface area contributed by atoms with Gasteiger partial charge in [0.05, 0.1) is 0 Å². The minimum atomic E-state index is -0.00300. The Morgan fingerprint density at radius 1 is 0.875 bits per heavy atom. The van der Waals surface area contributed by atoms with Crippen LogP contribution in [0.5, 0.6) is 5.75 Å². The lowest BCUT2D eigenvalue weighted by Gasteiger charge is -2.33. The first-order chi connectivity index (χ1) is 15.7. The molecular formula is C29H33NO2. The van der Waals surface area contributed by atoms with Crippen LogP contribution in [0.3, 0.4) is 0 Å². The Morgan fingerprint density at radius 3 is 2.09 bits per heavy atom. The van der Waals surface area contributed by atoms with Crippen molar-refractivity contribution >= 4 is 5.78 Å². The van der Waals surface area contributed by atoms with Crippen molar-refractivity contribution in [3.05, 3.63) is 102 Å². The van der Waals surface area contributed by atoms with Crippen molar-refractivity contribution in [1.82, 2.24) is 4.90 Å². The summed E-state index contributed by atoms with van der Waals surface area (Å²) in [5, 5.41) is 0. The van der Waals surface area contributed by atoms with Gasteiger partial charge in [-0.3, -0.25) is 4.79 Å². The Hall–Kier alpha value is -2.91. The molecule has 0 aromatic heterocycles. The molecule has 1 atom stereocenters. The Bertz CT molecular complexity index is 961. The smallest absolute Gasteiger partial charge is 0.166 e. The highest BCUT2D eigenvalue weighted by molar-refractivity contribution is 5.97. The van der Waals surface area contributed by atoms with Crippen molar-refractivity contribution in [2.75, 3.05) is 19.6 Å². The number of carbonyl (C=O) groups is 1. The van der Waals surface area contributed by atoms with Gasteiger partial charge >= 0.3 is 0 Å². The first-order valence-corrected chi connectivity index (χ1v) is 11.7. The normalized spacial score (nSPS) is 15.9. The van der Waals surface area contributed by atoms with E-state index in [9.17, 15) is 4.79 Å². The number of ketones is 1. The van der Waals surface area contributed by atoms with Crippen LogP contribution in [-0.2, 0) is 13.0 Å². The van der Waals surface area contributed by atoms with E-state index in [4.69, 9.17) is 4.74 Å². The molecule has 0 radical (unpaired) electrons. The van der Waals surface area contributed by atoms with Gasteiger partial charge in [-0.1, -0.05) is 67.6 Å². The van der Waals surface area contributed by atoms with E-state index in [1.54, 1.807) is 0 Å². The second-order valence-electron chi connectivity index (χ2n) is 9.00. The highest BCUT2D eigenvalue weighted by Gasteiger charge is 2.23. The summed E-state index contributed by atoms with van der Waals surface area (Å²) in [5.74, 6) is 1.75. The van der Waals surface area contributed by atoms with Gasteiger partial charge in [-0.15, -0.1) is 0 Å². The standard InChI is InChI=1S/C29H33NO2/c1-23(21-30-18-16-25(17-19-30)20-24-8-4-2-5-9-24)29(31)27-12-14-28(15-13-27)32-22-26-10-6-3-7-11-26/h2-15,23,25H,16-22H2,1H3/t23-/m0/s1. The summed E-state index contributed by atoms with van der Waals surface area (Å²) in [6, 6.07) is 28.5. The van der Waals surface area contributed by atoms with Crippen molar-refractivity contribution in [3.8, 4) is 5.75 Å². The van der Waals surface area contributed by atoms with E-state index in [0.717, 1.165) is 42.4 Å². The minimum absolute atomic E-state index is 0.00300. The van der Waals surface area contributed by atoms with Gasteiger partial charge < -0.3 is 9.64 Å². The lowest BCUT2D eigenvalue weighted by Crippen LogP contribution is -2.38. The zero-order valence-corrected chi connectivity index (χ0v) is 19.0. The number of hydrogen-bond donors (Lipinski definition) is 0. The van der Waals surface area contributed by atoms with Gasteiger partial charge in [0, 0.05) is 18.0 Å². The fourth-order valence-electron chi connectivity index (χ4n) is 4.53. The second-order valence-corrected chi connectivity index (χ2v) is 9.00. The van der Waals surface area contributed by atoms with Crippen molar-refractivity contribution in [2.24, 2.45) is 11.8 Å². The van der Waals surface area contributed by atoms with Crippen LogP contribution < -0.4 is 4.74 Å². The maximum atomic E-state index is 12.9. The predicted octanol–water partition coefficient (Wildman–Crippen LogP) is 6.04. The number of piperidine rings is 1. The summed E-state index contributed by atoms with van der Waals surface area (Å²) in [6.07, 6.45) is 3.59. The van der Waals surface area contributed by atoms with Crippen molar-refractivity contribution in [2.45, 2.75) is 32.8 Å². The average molecular weight is 428 g/mol. The number of rotatable bonds is 9. The summed E-state index contributed by atoms with van der Waals surface area (Å²) in [4.78, 5) is 15.4. The van der Waals surface area contributed by atoms with Crippen molar-refractivity contribution in [1.29, 1.82) is 0 Å². The van der Waals surface area contributed by atoms with E-state index in [0.29, 0.717) is 6.61 Å². The number of benzene rings is 3. The Morgan fingerprint density at radius 2 is 1.47 bits per heavy atom. The largest absolute Gasteiger partial charge is 0.489 e. The topological polar surface area (TPSA) is 29.5 Å². The first kappa shape index (κ1) is 22.3. The number of likely N-dealkylation sites (tertiary alicyclic amines) is 1. The number of hydrogen-bond acceptors (Lipinski definition) is 3. The van der Waals surface area contributed by atoms with E-state index in [-0.39, 0.29) is 11.7 Å². The molecule has 1 aliphatic rings. The molecule has 1 aliphatic heterocycles. The molecule has 1 fully saturated rings. The van der Waals surface area contributed by atoms with E-state index in [2.05, 4.69) is 42.2 Å². The highest BCUT2D eigenvalue weighted by Crippen LogP contribution is 2.23. The third-order valence-corrected chi connectivity index (χ3v) is 6.44. The van der Waals surface area contributed by atoms with Crippen LogP contribution in [0.2, 0.25) is 0 Å². The van der Waals surface area contributed by atoms with Gasteiger partial charge in [0.1, 0.15) is 12.4 Å². The zero-order chi connectivity index (χ0) is 22.2. The number of ether oxygens (including phenoxy) is 1. The van der Waals surface area contributed by atoms with Crippen molar-refractivity contribution in [3.63, 3.8) is 0 Å². The molecule has 0 bridgehead atoms. The molecule has 0 amide bonds. The third kappa shape index (κ3) is 6.30. The Balaban J connectivity index is 1.22. The Labute approximate surface area is 192 Å². The third-order valence-electron chi connectivity index (χ3n) is 6.44. The SMILES string of the molecule is C[C@@H](CN1CCC(Cc2ccccc2)CC1)C(=O)c1ccc(OCc2ccccc2)cc1. The monoisotopic (exact) mass is 427 g/mol. The zero-order valence-electron chi connectivity index (χ0n) is 19.0. The van der Waals surface area contributed by atoms with Gasteiger partial charge in [0.25, 0.3) is 0 Å². The van der Waals surface area contributed by atoms with Crippen LogP contribution in [0.15, 0.2) is 84.9 Å². The van der Waals surface area contributed by atoms with E-state index >= 15 is 0 Å². The molecule has 3 aromatic carbocycles. The quantitative estimate of drug-likeness (QED) is 0.390. The molecule has 32 heavy (non-hydrogen) atoms. The second kappa shape index (κ2) is 11.1. The van der Waals surface area contributed by atoms with Crippen LogP contribution in [-0.4, -0.2) is 30.3 Å². The summed E-state index contributed by atoms with van der Waals surface area (Å²) in [5.41, 5.74) is 3.34. The molecule has 0 N–H and O–H groups in total. The highest BCUT2D eigenvalue weighted by atomic mass is 16.5. The first-order valence-electron chi connectivity index (χ1n) is 11.7. The molecule has 166 valence electrons. The molecule has 3 aromatic rings. The van der Waals surface area contributed by atoms with Gasteiger partial charge in [-0.25, -0.2) is 0 Å². The van der Waals surface area contributed by atoms with E-state index in [1.807, 2.05) is 54.6 Å². The average Bonchev–Trinajstić information content (AvgIpc) is 2.85.